The summed E-state index contributed by atoms with van der Waals surface area (Å²) in [7, 11) is 0. The molecule has 0 radical (unpaired) electrons. The van der Waals surface area contributed by atoms with E-state index < -0.39 is 11.6 Å². The van der Waals surface area contributed by atoms with E-state index in [1.807, 2.05) is 17.9 Å². The van der Waals surface area contributed by atoms with Gasteiger partial charge >= 0.3 is 5.97 Å². The summed E-state index contributed by atoms with van der Waals surface area (Å²) in [5, 5.41) is 19.0. The number of aromatic carboxylic acids is 1. The van der Waals surface area contributed by atoms with Gasteiger partial charge in [0.15, 0.2) is 0 Å². The fourth-order valence-corrected chi connectivity index (χ4v) is 2.28. The van der Waals surface area contributed by atoms with Crippen LogP contribution in [0.25, 0.3) is 0 Å². The number of benzene rings is 1. The van der Waals surface area contributed by atoms with Crippen molar-refractivity contribution in [2.45, 2.75) is 25.4 Å². The van der Waals surface area contributed by atoms with Crippen LogP contribution in [0.2, 0.25) is 0 Å². The minimum absolute atomic E-state index is 0.285. The molecule has 0 saturated carbocycles. The number of rotatable bonds is 2. The summed E-state index contributed by atoms with van der Waals surface area (Å²) < 4.78 is 0. The Bertz CT molecular complexity index is 428. The van der Waals surface area contributed by atoms with E-state index in [0.717, 1.165) is 25.1 Å². The van der Waals surface area contributed by atoms with E-state index in [4.69, 9.17) is 5.11 Å². The molecule has 0 bridgehead atoms. The number of hydrogen-bond acceptors (Lipinski definition) is 3. The van der Waals surface area contributed by atoms with Crippen molar-refractivity contribution < 1.29 is 15.0 Å². The highest BCUT2D eigenvalue weighted by Gasteiger charge is 2.28. The van der Waals surface area contributed by atoms with Crippen molar-refractivity contribution in [2.24, 2.45) is 0 Å². The van der Waals surface area contributed by atoms with E-state index in [9.17, 15) is 9.90 Å². The van der Waals surface area contributed by atoms with Gasteiger partial charge in [-0.1, -0.05) is 6.07 Å². The molecule has 1 saturated heterocycles. The maximum absolute atomic E-state index is 10.9. The molecule has 2 N–H and O–H groups in total. The Kier molecular flexibility index (Phi) is 3.07. The smallest absolute Gasteiger partial charge is 0.335 e. The van der Waals surface area contributed by atoms with Crippen molar-refractivity contribution in [3.8, 4) is 0 Å². The van der Waals surface area contributed by atoms with Crippen LogP contribution in [0.4, 0.5) is 5.69 Å². The van der Waals surface area contributed by atoms with Crippen LogP contribution in [0.5, 0.6) is 0 Å². The summed E-state index contributed by atoms with van der Waals surface area (Å²) in [5.41, 5.74) is 0.467. The average Bonchev–Trinajstić information content (AvgIpc) is 2.28. The number of carboxylic acids is 1. The minimum atomic E-state index is -0.921. The molecule has 0 amide bonds. The van der Waals surface area contributed by atoms with Crippen molar-refractivity contribution in [2.75, 3.05) is 18.0 Å². The number of aliphatic hydroxyl groups is 1. The Morgan fingerprint density at radius 3 is 2.88 bits per heavy atom. The number of carboxylic acid groups (broad SMARTS) is 1. The van der Waals surface area contributed by atoms with Gasteiger partial charge in [0.25, 0.3) is 0 Å². The summed E-state index contributed by atoms with van der Waals surface area (Å²) in [5.74, 6) is -0.921. The highest BCUT2D eigenvalue weighted by molar-refractivity contribution is 5.88. The first-order chi connectivity index (χ1) is 7.98. The van der Waals surface area contributed by atoms with E-state index >= 15 is 0 Å². The second kappa shape index (κ2) is 4.37. The molecule has 1 aromatic carbocycles. The Morgan fingerprint density at radius 2 is 2.24 bits per heavy atom. The van der Waals surface area contributed by atoms with E-state index in [1.54, 1.807) is 18.2 Å². The molecule has 1 heterocycles. The maximum Gasteiger partial charge on any atom is 0.335 e. The first-order valence-electron chi connectivity index (χ1n) is 5.79. The summed E-state index contributed by atoms with van der Waals surface area (Å²) in [6.07, 6.45) is 1.71. The highest BCUT2D eigenvalue weighted by atomic mass is 16.4. The summed E-state index contributed by atoms with van der Waals surface area (Å²) in [6, 6.07) is 6.85. The van der Waals surface area contributed by atoms with Crippen molar-refractivity contribution in [3.05, 3.63) is 29.8 Å². The van der Waals surface area contributed by atoms with Crippen molar-refractivity contribution in [3.63, 3.8) is 0 Å². The fourth-order valence-electron chi connectivity index (χ4n) is 2.28. The van der Waals surface area contributed by atoms with Gasteiger partial charge < -0.3 is 15.1 Å². The topological polar surface area (TPSA) is 60.8 Å². The van der Waals surface area contributed by atoms with E-state index in [1.165, 1.54) is 0 Å². The van der Waals surface area contributed by atoms with Gasteiger partial charge in [-0.25, -0.2) is 4.79 Å². The molecular weight excluding hydrogens is 218 g/mol. The molecule has 1 unspecified atom stereocenters. The van der Waals surface area contributed by atoms with Crippen molar-refractivity contribution in [1.82, 2.24) is 0 Å². The Balaban J connectivity index is 2.22. The number of β-amino-alcohol motifs (C(OH)–C–C–N with tert-alkyl or cyclic N) is 1. The Hall–Kier alpha value is -1.55. The predicted molar refractivity (Wildman–Crippen MR) is 65.5 cm³/mol. The van der Waals surface area contributed by atoms with Crippen LogP contribution in [-0.4, -0.2) is 34.9 Å². The molecule has 1 aliphatic heterocycles. The van der Waals surface area contributed by atoms with E-state index in [0.29, 0.717) is 6.54 Å². The van der Waals surface area contributed by atoms with Gasteiger partial charge in [0, 0.05) is 18.8 Å². The number of nitrogens with zero attached hydrogens (tertiary/aromatic N) is 1. The van der Waals surface area contributed by atoms with Crippen molar-refractivity contribution in [1.29, 1.82) is 0 Å². The maximum atomic E-state index is 10.9. The van der Waals surface area contributed by atoms with Gasteiger partial charge in [-0.05, 0) is 38.0 Å². The molecule has 0 aliphatic carbocycles. The molecule has 92 valence electrons. The van der Waals surface area contributed by atoms with Crippen LogP contribution in [0, 0.1) is 0 Å². The van der Waals surface area contributed by atoms with Crippen LogP contribution in [-0.2, 0) is 0 Å². The van der Waals surface area contributed by atoms with Crippen LogP contribution < -0.4 is 4.90 Å². The Morgan fingerprint density at radius 1 is 1.47 bits per heavy atom. The van der Waals surface area contributed by atoms with Crippen LogP contribution in [0.15, 0.2) is 24.3 Å². The zero-order valence-electron chi connectivity index (χ0n) is 9.89. The molecule has 4 heteroatoms. The molecule has 2 rings (SSSR count). The standard InChI is InChI=1S/C13H17NO3/c1-13(17)6-3-7-14(9-13)11-5-2-4-10(8-11)12(15)16/h2,4-5,8,17H,3,6-7,9H2,1H3,(H,15,16). The minimum Gasteiger partial charge on any atom is -0.478 e. The zero-order valence-corrected chi connectivity index (χ0v) is 9.89. The normalized spacial score (nSPS) is 24.7. The van der Waals surface area contributed by atoms with E-state index in [-0.39, 0.29) is 5.56 Å². The van der Waals surface area contributed by atoms with Crippen LogP contribution >= 0.6 is 0 Å². The monoisotopic (exact) mass is 235 g/mol. The largest absolute Gasteiger partial charge is 0.478 e. The second-order valence-electron chi connectivity index (χ2n) is 4.88. The lowest BCUT2D eigenvalue weighted by atomic mass is 9.94. The first-order valence-corrected chi connectivity index (χ1v) is 5.79. The van der Waals surface area contributed by atoms with Gasteiger partial charge in [0.2, 0.25) is 0 Å². The molecule has 17 heavy (non-hydrogen) atoms. The molecule has 0 aromatic heterocycles. The summed E-state index contributed by atoms with van der Waals surface area (Å²) >= 11 is 0. The summed E-state index contributed by atoms with van der Waals surface area (Å²) in [6.45, 7) is 3.23. The SMILES string of the molecule is CC1(O)CCCN(c2cccc(C(=O)O)c2)C1. The van der Waals surface area contributed by atoms with Gasteiger partial charge in [0.1, 0.15) is 0 Å². The lowest BCUT2D eigenvalue weighted by Gasteiger charge is -2.38. The van der Waals surface area contributed by atoms with Crippen molar-refractivity contribution >= 4 is 11.7 Å². The fraction of sp³-hybridized carbons (Fsp3) is 0.462. The molecule has 1 fully saturated rings. The molecule has 1 aromatic rings. The predicted octanol–water partition coefficient (Wildman–Crippen LogP) is 1.74. The second-order valence-corrected chi connectivity index (χ2v) is 4.88. The lowest BCUT2D eigenvalue weighted by molar-refractivity contribution is 0.0449. The number of hydrogen-bond donors (Lipinski definition) is 2. The van der Waals surface area contributed by atoms with Crippen LogP contribution in [0.3, 0.4) is 0 Å². The first kappa shape index (κ1) is 11.9. The summed E-state index contributed by atoms with van der Waals surface area (Å²) in [4.78, 5) is 12.9. The molecule has 1 aliphatic rings. The van der Waals surface area contributed by atoms with E-state index in [2.05, 4.69) is 0 Å². The third-order valence-electron chi connectivity index (χ3n) is 3.13. The number of anilines is 1. The average molecular weight is 235 g/mol. The number of carbonyl (C=O) groups is 1. The third-order valence-corrected chi connectivity index (χ3v) is 3.13. The lowest BCUT2D eigenvalue weighted by Crippen LogP contribution is -2.46. The molecule has 0 spiro atoms. The third kappa shape index (κ3) is 2.77. The Labute approximate surface area is 100 Å². The molecular formula is C13H17NO3. The van der Waals surface area contributed by atoms with Gasteiger partial charge in [0.05, 0.1) is 11.2 Å². The van der Waals surface area contributed by atoms with Gasteiger partial charge in [-0.3, -0.25) is 0 Å². The molecule has 4 nitrogen and oxygen atoms in total. The van der Waals surface area contributed by atoms with Gasteiger partial charge in [-0.2, -0.15) is 0 Å². The quantitative estimate of drug-likeness (QED) is 0.819. The zero-order chi connectivity index (χ0) is 12.5. The van der Waals surface area contributed by atoms with Crippen LogP contribution in [0.1, 0.15) is 30.1 Å². The number of piperidine rings is 1. The van der Waals surface area contributed by atoms with Gasteiger partial charge in [-0.15, -0.1) is 0 Å². The highest BCUT2D eigenvalue weighted by Crippen LogP contribution is 2.26. The molecule has 1 atom stereocenters.